The molecule has 0 spiro atoms. The average molecular weight is 528 g/mol. The normalized spacial score (nSPS) is 15.4. The molecule has 1 fully saturated rings. The zero-order valence-electron chi connectivity index (χ0n) is 18.8. The van der Waals surface area contributed by atoms with Gasteiger partial charge in [-0.1, -0.05) is 11.3 Å². The van der Waals surface area contributed by atoms with E-state index in [4.69, 9.17) is 4.74 Å². The third-order valence-corrected chi connectivity index (χ3v) is 6.09. The van der Waals surface area contributed by atoms with Crippen LogP contribution in [0.2, 0.25) is 0 Å². The van der Waals surface area contributed by atoms with Gasteiger partial charge in [0, 0.05) is 38.0 Å². The first-order chi connectivity index (χ1) is 17.2. The lowest BCUT2D eigenvalue weighted by Gasteiger charge is -2.32. The average Bonchev–Trinajstić information content (AvgIpc) is 3.28. The summed E-state index contributed by atoms with van der Waals surface area (Å²) in [5, 5.41) is 22.3. The number of aromatic nitrogens is 4. The van der Waals surface area contributed by atoms with E-state index < -0.39 is 35.5 Å². The Morgan fingerprint density at radius 3 is 2.58 bits per heavy atom. The van der Waals surface area contributed by atoms with Gasteiger partial charge < -0.3 is 19.7 Å². The van der Waals surface area contributed by atoms with E-state index in [0.29, 0.717) is 5.13 Å². The summed E-state index contributed by atoms with van der Waals surface area (Å²) in [6, 6.07) is 6.19. The van der Waals surface area contributed by atoms with Crippen LogP contribution in [0, 0.1) is 5.82 Å². The van der Waals surface area contributed by atoms with E-state index >= 15 is 0 Å². The number of piperidine rings is 1. The Bertz CT molecular complexity index is 1170. The third kappa shape index (κ3) is 6.54. The number of carbonyl (C=O) groups excluding carboxylic acids is 1. The molecule has 1 amide bonds. The van der Waals surface area contributed by atoms with Gasteiger partial charge in [0.25, 0.3) is 5.91 Å². The summed E-state index contributed by atoms with van der Waals surface area (Å²) in [6.45, 7) is 1.55. The molecule has 0 aliphatic carbocycles. The Morgan fingerprint density at radius 2 is 1.92 bits per heavy atom. The Hall–Kier alpha value is -3.59. The smallest absolute Gasteiger partial charge is 0.406 e. The number of nitrogens with one attached hydrogen (secondary N) is 2. The van der Waals surface area contributed by atoms with Gasteiger partial charge >= 0.3 is 6.36 Å². The van der Waals surface area contributed by atoms with Crippen molar-refractivity contribution in [2.24, 2.45) is 0 Å². The molecule has 36 heavy (non-hydrogen) atoms. The Morgan fingerprint density at radius 1 is 1.17 bits per heavy atom. The van der Waals surface area contributed by atoms with E-state index in [1.807, 2.05) is 12.1 Å². The molecule has 4 rings (SSSR count). The quantitative estimate of drug-likeness (QED) is 0.423. The molecule has 0 bridgehead atoms. The zero-order valence-corrected chi connectivity index (χ0v) is 19.6. The third-order valence-electron chi connectivity index (χ3n) is 5.32. The minimum absolute atomic E-state index is 0.115. The monoisotopic (exact) mass is 527 g/mol. The molecular formula is C21H21F4N7O3S. The number of hydrogen-bond acceptors (Lipinski definition) is 10. The second kappa shape index (κ2) is 11.0. The molecule has 15 heteroatoms. The fourth-order valence-corrected chi connectivity index (χ4v) is 4.41. The van der Waals surface area contributed by atoms with Crippen LogP contribution in [0.4, 0.5) is 33.6 Å². The minimum atomic E-state index is -4.97. The maximum Gasteiger partial charge on any atom is 0.573 e. The predicted molar refractivity (Wildman–Crippen MR) is 122 cm³/mol. The van der Waals surface area contributed by atoms with Gasteiger partial charge in [0.1, 0.15) is 11.6 Å². The maximum atomic E-state index is 14.3. The number of anilines is 3. The Balaban J connectivity index is 1.35. The molecule has 192 valence electrons. The molecule has 2 N–H and O–H groups in total. The highest BCUT2D eigenvalue weighted by molar-refractivity contribution is 7.19. The van der Waals surface area contributed by atoms with Crippen LogP contribution in [-0.4, -0.2) is 58.9 Å². The fourth-order valence-electron chi connectivity index (χ4n) is 3.69. The molecule has 1 aliphatic rings. The molecule has 1 aliphatic heterocycles. The SMILES string of the molecule is CO[C@H](C(=O)Nc1nnc(NC2CCN(c3cccnn3)CC2)s1)c1cc(OC(F)(F)F)ccc1F. The van der Waals surface area contributed by atoms with E-state index in [-0.39, 0.29) is 11.2 Å². The van der Waals surface area contributed by atoms with E-state index in [0.717, 1.165) is 68.4 Å². The molecule has 1 saturated heterocycles. The van der Waals surface area contributed by atoms with Crippen molar-refractivity contribution in [3.05, 3.63) is 47.9 Å². The van der Waals surface area contributed by atoms with Crippen molar-refractivity contribution < 1.29 is 31.8 Å². The fraction of sp³-hybridized carbons (Fsp3) is 0.381. The van der Waals surface area contributed by atoms with Crippen LogP contribution in [0.1, 0.15) is 24.5 Å². The molecule has 10 nitrogen and oxygen atoms in total. The number of hydrogen-bond donors (Lipinski definition) is 2. The van der Waals surface area contributed by atoms with E-state index in [9.17, 15) is 22.4 Å². The summed E-state index contributed by atoms with van der Waals surface area (Å²) in [4.78, 5) is 14.8. The number of methoxy groups -OCH3 is 1. The van der Waals surface area contributed by atoms with Crippen molar-refractivity contribution in [3.63, 3.8) is 0 Å². The number of ether oxygens (including phenoxy) is 2. The van der Waals surface area contributed by atoms with Gasteiger partial charge in [-0.2, -0.15) is 5.10 Å². The summed E-state index contributed by atoms with van der Waals surface area (Å²) in [5.74, 6) is -1.63. The van der Waals surface area contributed by atoms with Crippen LogP contribution in [0.15, 0.2) is 36.5 Å². The number of benzene rings is 1. The van der Waals surface area contributed by atoms with E-state index in [2.05, 4.69) is 40.7 Å². The molecule has 0 unspecified atom stereocenters. The highest BCUT2D eigenvalue weighted by Gasteiger charge is 2.32. The van der Waals surface area contributed by atoms with Crippen molar-refractivity contribution in [3.8, 4) is 5.75 Å². The van der Waals surface area contributed by atoms with Crippen LogP contribution in [0.5, 0.6) is 5.75 Å². The van der Waals surface area contributed by atoms with Crippen LogP contribution >= 0.6 is 11.3 Å². The van der Waals surface area contributed by atoms with Gasteiger partial charge in [-0.05, 0) is 43.2 Å². The van der Waals surface area contributed by atoms with Crippen LogP contribution in [0.25, 0.3) is 0 Å². The first-order valence-corrected chi connectivity index (χ1v) is 11.5. The zero-order chi connectivity index (χ0) is 25.7. The maximum absolute atomic E-state index is 14.3. The van der Waals surface area contributed by atoms with Gasteiger partial charge in [-0.25, -0.2) is 4.39 Å². The van der Waals surface area contributed by atoms with Gasteiger partial charge in [0.05, 0.1) is 0 Å². The van der Waals surface area contributed by atoms with Gasteiger partial charge in [0.15, 0.2) is 11.9 Å². The van der Waals surface area contributed by atoms with Gasteiger partial charge in [-0.15, -0.1) is 28.5 Å². The predicted octanol–water partition coefficient (Wildman–Crippen LogP) is 3.77. The molecule has 1 aromatic carbocycles. The minimum Gasteiger partial charge on any atom is -0.406 e. The first-order valence-electron chi connectivity index (χ1n) is 10.7. The highest BCUT2D eigenvalue weighted by Crippen LogP contribution is 2.30. The molecule has 2 aromatic heterocycles. The van der Waals surface area contributed by atoms with Crippen molar-refractivity contribution in [2.75, 3.05) is 35.7 Å². The number of nitrogens with zero attached hydrogens (tertiary/aromatic N) is 5. The topological polar surface area (TPSA) is 114 Å². The van der Waals surface area contributed by atoms with E-state index in [1.54, 1.807) is 6.20 Å². The Kier molecular flexibility index (Phi) is 7.79. The molecule has 0 radical (unpaired) electrons. The second-order valence-corrected chi connectivity index (χ2v) is 8.71. The van der Waals surface area contributed by atoms with Crippen LogP contribution in [-0.2, 0) is 9.53 Å². The summed E-state index contributed by atoms with van der Waals surface area (Å²) in [7, 11) is 1.13. The van der Waals surface area contributed by atoms with Crippen LogP contribution in [0.3, 0.4) is 0 Å². The lowest BCUT2D eigenvalue weighted by Crippen LogP contribution is -2.39. The van der Waals surface area contributed by atoms with Crippen molar-refractivity contribution in [1.82, 2.24) is 20.4 Å². The van der Waals surface area contributed by atoms with Crippen molar-refractivity contribution in [2.45, 2.75) is 31.3 Å². The first kappa shape index (κ1) is 25.5. The van der Waals surface area contributed by atoms with Crippen molar-refractivity contribution in [1.29, 1.82) is 0 Å². The number of amides is 1. The number of halogens is 4. The number of rotatable bonds is 8. The summed E-state index contributed by atoms with van der Waals surface area (Å²) in [6.07, 6.45) is -3.26. The molecule has 1 atom stereocenters. The number of alkyl halides is 3. The summed E-state index contributed by atoms with van der Waals surface area (Å²) < 4.78 is 60.7. The van der Waals surface area contributed by atoms with E-state index in [1.165, 1.54) is 0 Å². The second-order valence-electron chi connectivity index (χ2n) is 7.74. The van der Waals surface area contributed by atoms with Gasteiger partial charge in [0.2, 0.25) is 10.3 Å². The lowest BCUT2D eigenvalue weighted by molar-refractivity contribution is -0.274. The molecular weight excluding hydrogens is 506 g/mol. The van der Waals surface area contributed by atoms with Crippen LogP contribution < -0.4 is 20.3 Å². The van der Waals surface area contributed by atoms with Gasteiger partial charge in [-0.3, -0.25) is 10.1 Å². The molecule has 0 saturated carbocycles. The molecule has 3 aromatic rings. The summed E-state index contributed by atoms with van der Waals surface area (Å²) in [5.41, 5.74) is -0.422. The highest BCUT2D eigenvalue weighted by atomic mass is 32.1. The number of carbonyl (C=O) groups is 1. The standard InChI is InChI=1S/C21H21F4N7O3S/c1-34-17(14-11-13(4-5-15(14)22)35-21(23,24)25)18(33)28-20-31-30-19(36-20)27-12-6-9-32(10-7-12)16-3-2-8-26-29-16/h2-5,8,11-12,17H,6-7,9-10H2,1H3,(H,27,30)(H,28,31,33)/t17-/m0/s1. The van der Waals surface area contributed by atoms with Crippen molar-refractivity contribution >= 4 is 33.3 Å². The summed E-state index contributed by atoms with van der Waals surface area (Å²) >= 11 is 1.07. The largest absolute Gasteiger partial charge is 0.573 e. The molecule has 3 heterocycles. The Labute approximate surface area is 206 Å². The lowest BCUT2D eigenvalue weighted by atomic mass is 10.1.